The molecule has 2 aromatic heterocycles. The Morgan fingerprint density at radius 3 is 2.75 bits per heavy atom. The molecule has 0 fully saturated rings. The van der Waals surface area contributed by atoms with Gasteiger partial charge in [0, 0.05) is 12.3 Å². The first-order valence-electron chi connectivity index (χ1n) is 5.59. The number of carbonyl (C=O) groups excluding carboxylic acids is 1. The number of amides is 1. The first-order chi connectivity index (χ1) is 9.65. The van der Waals surface area contributed by atoms with Gasteiger partial charge in [-0.3, -0.25) is 14.9 Å². The van der Waals surface area contributed by atoms with Gasteiger partial charge in [0.05, 0.1) is 15.7 Å². The third kappa shape index (κ3) is 4.02. The molecule has 102 valence electrons. The van der Waals surface area contributed by atoms with Crippen molar-refractivity contribution in [2.75, 3.05) is 11.1 Å². The number of thioether (sulfide) groups is 1. The highest BCUT2D eigenvalue weighted by atomic mass is 32.2. The van der Waals surface area contributed by atoms with E-state index in [1.54, 1.807) is 24.4 Å². The van der Waals surface area contributed by atoms with Crippen LogP contribution in [0, 0.1) is 10.1 Å². The van der Waals surface area contributed by atoms with E-state index in [0.717, 1.165) is 0 Å². The fourth-order valence-corrected chi connectivity index (χ4v) is 1.96. The van der Waals surface area contributed by atoms with Crippen molar-refractivity contribution >= 4 is 29.2 Å². The van der Waals surface area contributed by atoms with Crippen LogP contribution in [-0.2, 0) is 4.79 Å². The molecule has 0 aliphatic rings. The molecule has 7 nitrogen and oxygen atoms in total. The third-order valence-corrected chi connectivity index (χ3v) is 3.16. The first kappa shape index (κ1) is 13.9. The van der Waals surface area contributed by atoms with Crippen molar-refractivity contribution in [3.8, 4) is 0 Å². The number of hydrogen-bond acceptors (Lipinski definition) is 6. The van der Waals surface area contributed by atoms with Crippen LogP contribution in [0.4, 0.5) is 11.5 Å². The molecule has 0 aromatic carbocycles. The van der Waals surface area contributed by atoms with E-state index in [-0.39, 0.29) is 17.3 Å². The maximum Gasteiger partial charge on any atom is 0.287 e. The van der Waals surface area contributed by atoms with Gasteiger partial charge in [0.2, 0.25) is 5.91 Å². The standard InChI is InChI=1S/C12H10N4O3S/c17-11(15-10-3-1-2-6-13-10)8-20-12-5-4-9(7-14-12)16(18)19/h1-7H,8H2,(H,13,15,17). The Morgan fingerprint density at radius 1 is 1.30 bits per heavy atom. The smallest absolute Gasteiger partial charge is 0.287 e. The van der Waals surface area contributed by atoms with Gasteiger partial charge in [0.15, 0.2) is 0 Å². The van der Waals surface area contributed by atoms with E-state index in [0.29, 0.717) is 10.8 Å². The van der Waals surface area contributed by atoms with Crippen molar-refractivity contribution in [3.05, 3.63) is 52.8 Å². The van der Waals surface area contributed by atoms with E-state index < -0.39 is 4.92 Å². The molecule has 0 saturated carbocycles. The molecule has 8 heteroatoms. The van der Waals surface area contributed by atoms with Crippen LogP contribution in [0.5, 0.6) is 0 Å². The predicted octanol–water partition coefficient (Wildman–Crippen LogP) is 2.12. The molecule has 0 radical (unpaired) electrons. The molecule has 0 aliphatic carbocycles. The van der Waals surface area contributed by atoms with Gasteiger partial charge in [-0.25, -0.2) is 9.97 Å². The second-order valence-electron chi connectivity index (χ2n) is 3.66. The van der Waals surface area contributed by atoms with E-state index in [9.17, 15) is 14.9 Å². The minimum Gasteiger partial charge on any atom is -0.310 e. The van der Waals surface area contributed by atoms with Gasteiger partial charge < -0.3 is 5.32 Å². The summed E-state index contributed by atoms with van der Waals surface area (Å²) in [5.41, 5.74) is -0.0766. The fourth-order valence-electron chi connectivity index (χ4n) is 1.32. The topological polar surface area (TPSA) is 98.0 Å². The van der Waals surface area contributed by atoms with E-state index in [1.807, 2.05) is 0 Å². The van der Waals surface area contributed by atoms with E-state index in [4.69, 9.17) is 0 Å². The van der Waals surface area contributed by atoms with Crippen LogP contribution < -0.4 is 5.32 Å². The molecular weight excluding hydrogens is 280 g/mol. The van der Waals surface area contributed by atoms with Crippen molar-refractivity contribution in [2.24, 2.45) is 0 Å². The lowest BCUT2D eigenvalue weighted by Gasteiger charge is -2.03. The lowest BCUT2D eigenvalue weighted by Crippen LogP contribution is -2.14. The number of carbonyl (C=O) groups is 1. The summed E-state index contributed by atoms with van der Waals surface area (Å²) in [6.07, 6.45) is 2.75. The summed E-state index contributed by atoms with van der Waals surface area (Å²) in [7, 11) is 0. The van der Waals surface area contributed by atoms with Crippen LogP contribution in [0.3, 0.4) is 0 Å². The summed E-state index contributed by atoms with van der Waals surface area (Å²) < 4.78 is 0. The van der Waals surface area contributed by atoms with Crippen LogP contribution in [0.1, 0.15) is 0 Å². The Balaban J connectivity index is 1.85. The second kappa shape index (κ2) is 6.62. The molecule has 2 rings (SSSR count). The summed E-state index contributed by atoms with van der Waals surface area (Å²) in [6, 6.07) is 8.08. The predicted molar refractivity (Wildman–Crippen MR) is 74.5 cm³/mol. The zero-order chi connectivity index (χ0) is 14.4. The van der Waals surface area contributed by atoms with Gasteiger partial charge in [0.25, 0.3) is 5.69 Å². The van der Waals surface area contributed by atoms with Crippen molar-refractivity contribution in [2.45, 2.75) is 5.03 Å². The van der Waals surface area contributed by atoms with Gasteiger partial charge in [-0.15, -0.1) is 0 Å². The highest BCUT2D eigenvalue weighted by molar-refractivity contribution is 7.99. The average molecular weight is 290 g/mol. The number of hydrogen-bond donors (Lipinski definition) is 1. The Bertz CT molecular complexity index is 604. The summed E-state index contributed by atoms with van der Waals surface area (Å²) in [5.74, 6) is 0.421. The lowest BCUT2D eigenvalue weighted by molar-refractivity contribution is -0.385. The lowest BCUT2D eigenvalue weighted by atomic mass is 10.4. The largest absolute Gasteiger partial charge is 0.310 e. The Labute approximate surface area is 118 Å². The second-order valence-corrected chi connectivity index (χ2v) is 4.66. The molecule has 0 saturated heterocycles. The van der Waals surface area contributed by atoms with E-state index in [2.05, 4.69) is 15.3 Å². The van der Waals surface area contributed by atoms with Crippen molar-refractivity contribution in [3.63, 3.8) is 0 Å². The Hall–Kier alpha value is -2.48. The van der Waals surface area contributed by atoms with Gasteiger partial charge in [-0.05, 0) is 18.2 Å². The molecule has 0 bridgehead atoms. The monoisotopic (exact) mass is 290 g/mol. The Morgan fingerprint density at radius 2 is 2.15 bits per heavy atom. The zero-order valence-corrected chi connectivity index (χ0v) is 11.0. The van der Waals surface area contributed by atoms with Gasteiger partial charge in [-0.2, -0.15) is 0 Å². The number of pyridine rings is 2. The quantitative estimate of drug-likeness (QED) is 0.514. The number of nitrogens with zero attached hydrogens (tertiary/aromatic N) is 3. The van der Waals surface area contributed by atoms with Crippen LogP contribution in [0.25, 0.3) is 0 Å². The van der Waals surface area contributed by atoms with Crippen LogP contribution in [-0.4, -0.2) is 26.6 Å². The third-order valence-electron chi connectivity index (χ3n) is 2.22. The number of aromatic nitrogens is 2. The maximum absolute atomic E-state index is 11.7. The molecular formula is C12H10N4O3S. The number of nitrogens with one attached hydrogen (secondary N) is 1. The first-order valence-corrected chi connectivity index (χ1v) is 6.58. The van der Waals surface area contributed by atoms with Gasteiger partial charge in [0.1, 0.15) is 12.0 Å². The van der Waals surface area contributed by atoms with Gasteiger partial charge >= 0.3 is 0 Å². The zero-order valence-electron chi connectivity index (χ0n) is 10.2. The molecule has 2 heterocycles. The number of nitro groups is 1. The molecule has 0 aliphatic heterocycles. The minimum atomic E-state index is -0.519. The molecule has 0 spiro atoms. The molecule has 1 N–H and O–H groups in total. The van der Waals surface area contributed by atoms with Crippen molar-refractivity contribution in [1.29, 1.82) is 0 Å². The molecule has 2 aromatic rings. The minimum absolute atomic E-state index is 0.0766. The van der Waals surface area contributed by atoms with Crippen LogP contribution in [0.2, 0.25) is 0 Å². The summed E-state index contributed by atoms with van der Waals surface area (Å²) in [6.45, 7) is 0. The average Bonchev–Trinajstić information content (AvgIpc) is 2.46. The fraction of sp³-hybridized carbons (Fsp3) is 0.0833. The van der Waals surface area contributed by atoms with Crippen molar-refractivity contribution in [1.82, 2.24) is 9.97 Å². The SMILES string of the molecule is O=C(CSc1ccc([N+](=O)[O-])cn1)Nc1ccccn1. The van der Waals surface area contributed by atoms with Crippen LogP contribution >= 0.6 is 11.8 Å². The van der Waals surface area contributed by atoms with Crippen molar-refractivity contribution < 1.29 is 9.72 Å². The number of rotatable bonds is 5. The molecule has 1 amide bonds. The summed E-state index contributed by atoms with van der Waals surface area (Å²) >= 11 is 1.19. The Kier molecular flexibility index (Phi) is 4.61. The highest BCUT2D eigenvalue weighted by Gasteiger charge is 2.08. The van der Waals surface area contributed by atoms with Gasteiger partial charge in [-0.1, -0.05) is 17.8 Å². The number of anilines is 1. The normalized spacial score (nSPS) is 10.0. The molecule has 0 atom stereocenters. The maximum atomic E-state index is 11.7. The van der Waals surface area contributed by atoms with E-state index in [1.165, 1.54) is 30.1 Å². The summed E-state index contributed by atoms with van der Waals surface area (Å²) in [4.78, 5) is 29.5. The highest BCUT2D eigenvalue weighted by Crippen LogP contribution is 2.18. The van der Waals surface area contributed by atoms with Crippen LogP contribution in [0.15, 0.2) is 47.8 Å². The molecule has 20 heavy (non-hydrogen) atoms. The van der Waals surface area contributed by atoms with E-state index >= 15 is 0 Å². The summed E-state index contributed by atoms with van der Waals surface area (Å²) in [5, 5.41) is 13.7. The molecule has 0 unspecified atom stereocenters.